The maximum absolute atomic E-state index is 12.4. The van der Waals surface area contributed by atoms with Gasteiger partial charge in [-0.15, -0.1) is 0 Å². The number of fused-ring (bicyclic) bond motifs is 3. The van der Waals surface area contributed by atoms with E-state index in [-0.39, 0.29) is 74.1 Å². The normalized spacial score (nSPS) is 13.9. The van der Waals surface area contributed by atoms with Crippen LogP contribution in [0.3, 0.4) is 0 Å². The molecule has 0 saturated heterocycles. The van der Waals surface area contributed by atoms with Crippen molar-refractivity contribution in [1.82, 2.24) is 0 Å². The van der Waals surface area contributed by atoms with Crippen molar-refractivity contribution in [1.29, 1.82) is 0 Å². The Morgan fingerprint density at radius 2 is 0.582 bits per heavy atom. The molecule has 0 bridgehead atoms. The highest BCUT2D eigenvalue weighted by molar-refractivity contribution is 5.88. The van der Waals surface area contributed by atoms with Crippen molar-refractivity contribution in [2.75, 3.05) is 39.6 Å². The Hall–Kier alpha value is -9.06. The lowest BCUT2D eigenvalue weighted by Crippen LogP contribution is -2.30. The van der Waals surface area contributed by atoms with E-state index in [2.05, 4.69) is 39.5 Å². The average molecular weight is 1090 g/mol. The summed E-state index contributed by atoms with van der Waals surface area (Å²) in [6, 6.07) is 22.4. The van der Waals surface area contributed by atoms with Crippen molar-refractivity contribution in [2.24, 2.45) is 0 Å². The van der Waals surface area contributed by atoms with Crippen molar-refractivity contribution in [2.45, 2.75) is 83.6 Å². The fourth-order valence-corrected chi connectivity index (χ4v) is 8.24. The number of hydrogen-bond donors (Lipinski definition) is 0. The maximum Gasteiger partial charge on any atom is 0.330 e. The molecule has 5 rings (SSSR count). The Kier molecular flexibility index (Phi) is 22.2. The molecular weight excluding hydrogens is 1020 g/mol. The summed E-state index contributed by atoms with van der Waals surface area (Å²) in [6.07, 6.45) is 1.13. The van der Waals surface area contributed by atoms with E-state index in [0.29, 0.717) is 11.1 Å². The number of hydrogen-bond acceptors (Lipinski definition) is 18. The van der Waals surface area contributed by atoms with Gasteiger partial charge in [0, 0.05) is 36.5 Å². The minimum absolute atomic E-state index is 0.0265. The van der Waals surface area contributed by atoms with Gasteiger partial charge in [-0.2, -0.15) is 0 Å². The van der Waals surface area contributed by atoms with E-state index in [1.807, 2.05) is 48.5 Å². The zero-order valence-electron chi connectivity index (χ0n) is 45.2. The number of rotatable bonds is 32. The number of ether oxygens (including phenoxy) is 12. The summed E-state index contributed by atoms with van der Waals surface area (Å²) in [5.74, 6) is -3.82. The molecule has 79 heavy (non-hydrogen) atoms. The lowest BCUT2D eigenvalue weighted by atomic mass is 9.67. The van der Waals surface area contributed by atoms with Crippen molar-refractivity contribution < 1.29 is 85.6 Å². The minimum Gasteiger partial charge on any atom is -0.486 e. The van der Waals surface area contributed by atoms with Crippen LogP contribution in [0.1, 0.15) is 63.8 Å². The predicted molar refractivity (Wildman–Crippen MR) is 291 cm³/mol. The van der Waals surface area contributed by atoms with Crippen LogP contribution in [0.25, 0.3) is 11.1 Å². The van der Waals surface area contributed by atoms with Crippen molar-refractivity contribution in [3.8, 4) is 45.6 Å². The van der Waals surface area contributed by atoms with Crippen LogP contribution in [0.2, 0.25) is 0 Å². The second-order valence-corrected chi connectivity index (χ2v) is 18.0. The van der Waals surface area contributed by atoms with Crippen LogP contribution in [0.15, 0.2) is 149 Å². The number of benzene rings is 4. The van der Waals surface area contributed by atoms with Crippen LogP contribution >= 0.6 is 0 Å². The molecule has 0 N–H and O–H groups in total. The summed E-state index contributed by atoms with van der Waals surface area (Å²) in [7, 11) is 0. The van der Waals surface area contributed by atoms with Gasteiger partial charge in [0.1, 0.15) is 76.3 Å². The molecule has 4 aromatic carbocycles. The van der Waals surface area contributed by atoms with Crippen molar-refractivity contribution >= 4 is 35.8 Å². The van der Waals surface area contributed by atoms with Crippen LogP contribution in [0.4, 0.5) is 0 Å². The molecule has 6 unspecified atom stereocenters. The van der Waals surface area contributed by atoms with Gasteiger partial charge in [-0.05, 0) is 99.2 Å². The fraction of sp³-hybridized carbons (Fsp3) is 0.311. The maximum atomic E-state index is 12.4. The first-order valence-electron chi connectivity index (χ1n) is 25.1. The smallest absolute Gasteiger partial charge is 0.330 e. The summed E-state index contributed by atoms with van der Waals surface area (Å²) in [6.45, 7) is 29.4. The second-order valence-electron chi connectivity index (χ2n) is 18.0. The van der Waals surface area contributed by atoms with Gasteiger partial charge in [-0.3, -0.25) is 0 Å². The monoisotopic (exact) mass is 1090 g/mol. The fourth-order valence-electron chi connectivity index (χ4n) is 8.24. The van der Waals surface area contributed by atoms with E-state index in [4.69, 9.17) is 56.8 Å². The van der Waals surface area contributed by atoms with Gasteiger partial charge in [-0.1, -0.05) is 88.0 Å². The molecule has 0 saturated carbocycles. The molecule has 0 aliphatic heterocycles. The van der Waals surface area contributed by atoms with Gasteiger partial charge in [0.15, 0.2) is 23.0 Å². The molecule has 0 heterocycles. The SMILES string of the molecule is C=CC(=O)OC(C)COc1cc(C2(c3cc(OCC(C)OC(=O)C=C)c(OCC(C)OC(=O)C=C)c(OCC(C)OC(=O)C=C)c3)c3ccccc3-c3ccccc32)cc(OCC(C)OC(=O)C=C)c1OCC(C)OC(=O)C=C. The van der Waals surface area contributed by atoms with E-state index in [9.17, 15) is 28.8 Å². The quantitative estimate of drug-likeness (QED) is 0.0223. The largest absolute Gasteiger partial charge is 0.486 e. The topological polar surface area (TPSA) is 213 Å². The Bertz CT molecular complexity index is 2620. The lowest BCUT2D eigenvalue weighted by molar-refractivity contribution is -0.144. The molecule has 4 aromatic rings. The molecule has 0 aromatic heterocycles. The summed E-state index contributed by atoms with van der Waals surface area (Å²) in [4.78, 5) is 74.3. The van der Waals surface area contributed by atoms with Crippen LogP contribution < -0.4 is 28.4 Å². The average Bonchev–Trinajstić information content (AvgIpc) is 3.84. The van der Waals surface area contributed by atoms with Gasteiger partial charge >= 0.3 is 35.8 Å². The number of carbonyl (C=O) groups is 6. The molecule has 0 spiro atoms. The van der Waals surface area contributed by atoms with Crippen LogP contribution in [0, 0.1) is 0 Å². The number of carbonyl (C=O) groups excluding carboxylic acids is 6. The van der Waals surface area contributed by atoms with Gasteiger partial charge in [0.05, 0.1) is 5.41 Å². The lowest BCUT2D eigenvalue weighted by Gasteiger charge is -2.36. The van der Waals surface area contributed by atoms with E-state index in [0.717, 1.165) is 58.7 Å². The molecule has 1 aliphatic carbocycles. The Morgan fingerprint density at radius 1 is 0.367 bits per heavy atom. The first kappa shape index (κ1) is 60.8. The number of esters is 6. The first-order chi connectivity index (χ1) is 37.8. The molecule has 1 aliphatic rings. The van der Waals surface area contributed by atoms with Crippen LogP contribution in [0.5, 0.6) is 34.5 Å². The molecule has 18 heteroatoms. The molecule has 0 amide bonds. The van der Waals surface area contributed by atoms with E-state index >= 15 is 0 Å². The zero-order chi connectivity index (χ0) is 57.8. The van der Waals surface area contributed by atoms with Gasteiger partial charge < -0.3 is 56.8 Å². The first-order valence-corrected chi connectivity index (χ1v) is 25.1. The summed E-state index contributed by atoms with van der Waals surface area (Å²) < 4.78 is 72.2. The van der Waals surface area contributed by atoms with Crippen molar-refractivity contribution in [3.63, 3.8) is 0 Å². The molecular formula is C61H66O18. The molecule has 0 radical (unpaired) electrons. The molecule has 418 valence electrons. The predicted octanol–water partition coefficient (Wildman–Crippen LogP) is 9.03. The van der Waals surface area contributed by atoms with Gasteiger partial charge in [0.2, 0.25) is 11.5 Å². The third-order valence-corrected chi connectivity index (χ3v) is 11.6. The Morgan fingerprint density at radius 3 is 0.810 bits per heavy atom. The van der Waals surface area contributed by atoms with Gasteiger partial charge in [0.25, 0.3) is 0 Å². The van der Waals surface area contributed by atoms with Crippen LogP contribution in [-0.4, -0.2) is 112 Å². The third kappa shape index (κ3) is 16.0. The zero-order valence-corrected chi connectivity index (χ0v) is 45.2. The van der Waals surface area contributed by atoms with E-state index in [1.165, 1.54) is 0 Å². The third-order valence-electron chi connectivity index (χ3n) is 11.6. The summed E-state index contributed by atoms with van der Waals surface area (Å²) in [5, 5.41) is 0. The Balaban J connectivity index is 1.93. The molecule has 0 fully saturated rings. The highest BCUT2D eigenvalue weighted by Gasteiger charge is 2.48. The van der Waals surface area contributed by atoms with Crippen molar-refractivity contribution in [3.05, 3.63) is 171 Å². The Labute approximate surface area is 459 Å². The molecule has 18 nitrogen and oxygen atoms in total. The highest BCUT2D eigenvalue weighted by atomic mass is 16.6. The minimum atomic E-state index is -1.42. The van der Waals surface area contributed by atoms with Crippen LogP contribution in [-0.2, 0) is 62.6 Å². The van der Waals surface area contributed by atoms with E-state index in [1.54, 1.807) is 65.8 Å². The summed E-state index contributed by atoms with van der Waals surface area (Å²) >= 11 is 0. The molecule has 6 atom stereocenters. The second kappa shape index (κ2) is 28.9. The van der Waals surface area contributed by atoms with E-state index < -0.39 is 77.9 Å². The summed E-state index contributed by atoms with van der Waals surface area (Å²) in [5.41, 5.74) is 2.69. The van der Waals surface area contributed by atoms with Gasteiger partial charge in [-0.25, -0.2) is 28.8 Å². The standard InChI is InChI=1S/C61H66O18/c1-13-53(62)74-37(7)31-68-49-27-43(28-50(69-32-38(8)75-54(63)14-2)59(49)72-35-41(11)78-57(66)17-5)61(47-25-21-19-23-45(47)46-24-20-22-26-48(46)61)44-29-51(70-33-39(9)76-55(64)15-3)60(73-36-42(12)79-58(67)18-6)52(30-44)71-34-40(10)77-56(65)16-4/h13-30,37-42H,1-6,31-36H2,7-12H3. The highest BCUT2D eigenvalue weighted by Crippen LogP contribution is 2.59.